The van der Waals surface area contributed by atoms with Gasteiger partial charge in [0.2, 0.25) is 0 Å². The maximum Gasteiger partial charge on any atom is 1.00 e. The summed E-state index contributed by atoms with van der Waals surface area (Å²) in [5.74, 6) is 0. The summed E-state index contributed by atoms with van der Waals surface area (Å²) in [6, 6.07) is 0. The van der Waals surface area contributed by atoms with Gasteiger partial charge in [-0.15, -0.1) is 0 Å². The van der Waals surface area contributed by atoms with Crippen LogP contribution in [-0.4, -0.2) is 24.5 Å². The Morgan fingerprint density at radius 2 is 1.00 bits per heavy atom. The third kappa shape index (κ3) is 10.2. The van der Waals surface area contributed by atoms with E-state index in [0.717, 1.165) is 6.42 Å². The largest absolute Gasteiger partial charge is 1.00 e. The molecule has 0 unspecified atom stereocenters. The minimum absolute atomic E-state index is 0. The molecule has 0 spiro atoms. The average Bonchev–Trinajstić information content (AvgIpc) is 2.31. The molecule has 1 aliphatic rings. The van der Waals surface area contributed by atoms with Crippen LogP contribution in [0.5, 0.6) is 0 Å². The van der Waals surface area contributed by atoms with E-state index in [2.05, 4.69) is 11.8 Å². The molecule has 0 saturated carbocycles. The Kier molecular flexibility index (Phi) is 13.4. The minimum Gasteiger partial charge on any atom is -0.342 e. The zero-order valence-electron chi connectivity index (χ0n) is 12.1. The predicted molar refractivity (Wildman–Crippen MR) is 72.6 cm³/mol. The first-order valence-electron chi connectivity index (χ1n) is 7.45. The molecule has 1 nitrogen and oxygen atoms in total. The Labute approximate surface area is 121 Å². The van der Waals surface area contributed by atoms with Crippen LogP contribution in [-0.2, 0) is 0 Å². The van der Waals surface area contributed by atoms with E-state index in [9.17, 15) is 0 Å². The second-order valence-electron chi connectivity index (χ2n) is 5.23. The first kappa shape index (κ1) is 17.6. The molecular weight excluding hydrogens is 201 g/mol. The van der Waals surface area contributed by atoms with E-state index in [1.54, 1.807) is 0 Å². The van der Waals surface area contributed by atoms with Crippen LogP contribution >= 0.6 is 0 Å². The van der Waals surface area contributed by atoms with Crippen LogP contribution in [0.15, 0.2) is 0 Å². The topological polar surface area (TPSA) is 3.24 Å². The molecule has 0 bridgehead atoms. The van der Waals surface area contributed by atoms with E-state index in [-0.39, 0.29) is 18.9 Å². The van der Waals surface area contributed by atoms with Gasteiger partial charge in [-0.25, -0.2) is 0 Å². The molecule has 1 rings (SSSR count). The standard InChI is InChI=1S/C15H30N.Li/c1-2-13-16-14-11-9-7-5-3-4-6-8-10-12-15-16;/h1-15H2;/q-1;+1. The van der Waals surface area contributed by atoms with Crippen LogP contribution in [0.4, 0.5) is 0 Å². The van der Waals surface area contributed by atoms with Crippen LogP contribution in [0.25, 0.3) is 0 Å². The van der Waals surface area contributed by atoms with Crippen LogP contribution in [0.3, 0.4) is 0 Å². The maximum atomic E-state index is 3.98. The monoisotopic (exact) mass is 231 g/mol. The second kappa shape index (κ2) is 13.0. The molecule has 17 heavy (non-hydrogen) atoms. The zero-order valence-corrected chi connectivity index (χ0v) is 12.1. The number of nitrogens with zero attached hydrogens (tertiary/aromatic N) is 1. The molecule has 96 valence electrons. The minimum atomic E-state index is 0. The van der Waals surface area contributed by atoms with Gasteiger partial charge >= 0.3 is 18.9 Å². The average molecular weight is 231 g/mol. The van der Waals surface area contributed by atoms with Gasteiger partial charge in [-0.1, -0.05) is 51.4 Å². The maximum absolute atomic E-state index is 3.98. The van der Waals surface area contributed by atoms with Crippen molar-refractivity contribution in [2.75, 3.05) is 19.6 Å². The molecule has 0 aliphatic carbocycles. The van der Waals surface area contributed by atoms with Crippen LogP contribution < -0.4 is 18.9 Å². The predicted octanol–water partition coefficient (Wildman–Crippen LogP) is 1.43. The summed E-state index contributed by atoms with van der Waals surface area (Å²) in [6.45, 7) is 7.82. The molecule has 1 heterocycles. The van der Waals surface area contributed by atoms with E-state index >= 15 is 0 Å². The Bertz CT molecular complexity index is 136. The molecule has 0 atom stereocenters. The van der Waals surface area contributed by atoms with Crippen molar-refractivity contribution in [2.24, 2.45) is 0 Å². The van der Waals surface area contributed by atoms with E-state index in [1.165, 1.54) is 83.8 Å². The Balaban J connectivity index is 0.00000256. The molecule has 1 saturated heterocycles. The molecule has 0 amide bonds. The summed E-state index contributed by atoms with van der Waals surface area (Å²) in [5.41, 5.74) is 0. The van der Waals surface area contributed by atoms with Gasteiger partial charge in [0.25, 0.3) is 0 Å². The summed E-state index contributed by atoms with van der Waals surface area (Å²) in [7, 11) is 0. The molecule has 2 heteroatoms. The molecule has 0 aromatic rings. The normalized spacial score (nSPS) is 21.7. The fourth-order valence-corrected chi connectivity index (χ4v) is 2.64. The molecule has 0 aromatic heterocycles. The molecule has 0 N–H and O–H groups in total. The van der Waals surface area contributed by atoms with Crippen molar-refractivity contribution in [1.82, 2.24) is 4.90 Å². The third-order valence-electron chi connectivity index (χ3n) is 3.67. The molecule has 1 aliphatic heterocycles. The van der Waals surface area contributed by atoms with Crippen LogP contribution in [0.2, 0.25) is 0 Å². The molecule has 0 aromatic carbocycles. The van der Waals surface area contributed by atoms with Crippen molar-refractivity contribution in [3.05, 3.63) is 6.92 Å². The first-order valence-corrected chi connectivity index (χ1v) is 7.45. The van der Waals surface area contributed by atoms with Gasteiger partial charge in [0.15, 0.2) is 0 Å². The zero-order chi connectivity index (χ0) is 11.5. The van der Waals surface area contributed by atoms with Gasteiger partial charge in [0.1, 0.15) is 0 Å². The second-order valence-corrected chi connectivity index (χ2v) is 5.23. The van der Waals surface area contributed by atoms with E-state index in [1.807, 2.05) is 0 Å². The fraction of sp³-hybridized carbons (Fsp3) is 0.933. The van der Waals surface area contributed by atoms with Gasteiger partial charge in [-0.3, -0.25) is 0 Å². The Morgan fingerprint density at radius 1 is 0.647 bits per heavy atom. The van der Waals surface area contributed by atoms with Crippen molar-refractivity contribution in [2.45, 2.75) is 70.6 Å². The third-order valence-corrected chi connectivity index (χ3v) is 3.67. The van der Waals surface area contributed by atoms with Crippen molar-refractivity contribution in [3.8, 4) is 0 Å². The van der Waals surface area contributed by atoms with Crippen molar-refractivity contribution < 1.29 is 18.9 Å². The van der Waals surface area contributed by atoms with Crippen molar-refractivity contribution >= 4 is 0 Å². The van der Waals surface area contributed by atoms with Crippen molar-refractivity contribution in [1.29, 1.82) is 0 Å². The van der Waals surface area contributed by atoms with E-state index in [4.69, 9.17) is 0 Å². The van der Waals surface area contributed by atoms with Gasteiger partial charge in [0.05, 0.1) is 0 Å². The number of hydrogen-bond acceptors (Lipinski definition) is 1. The van der Waals surface area contributed by atoms with Crippen molar-refractivity contribution in [3.63, 3.8) is 0 Å². The smallest absolute Gasteiger partial charge is 0.342 e. The van der Waals surface area contributed by atoms with Crippen LogP contribution in [0.1, 0.15) is 70.6 Å². The van der Waals surface area contributed by atoms with Gasteiger partial charge in [0, 0.05) is 0 Å². The quantitative estimate of drug-likeness (QED) is 0.513. The summed E-state index contributed by atoms with van der Waals surface area (Å²) in [6.07, 6.45) is 15.5. The Hall–Kier alpha value is 0.557. The summed E-state index contributed by atoms with van der Waals surface area (Å²) in [4.78, 5) is 2.63. The summed E-state index contributed by atoms with van der Waals surface area (Å²) < 4.78 is 0. The summed E-state index contributed by atoms with van der Waals surface area (Å²) >= 11 is 0. The van der Waals surface area contributed by atoms with E-state index in [0.29, 0.717) is 0 Å². The fourth-order valence-electron chi connectivity index (χ4n) is 2.64. The molecule has 1 fully saturated rings. The molecule has 0 radical (unpaired) electrons. The SMILES string of the molecule is [CH2-]CCN1CCCCCCCCCCCC1.[Li+]. The first-order chi connectivity index (χ1) is 7.93. The Morgan fingerprint density at radius 3 is 1.35 bits per heavy atom. The van der Waals surface area contributed by atoms with Gasteiger partial charge in [-0.05, 0) is 32.5 Å². The summed E-state index contributed by atoms with van der Waals surface area (Å²) in [5, 5.41) is 0. The van der Waals surface area contributed by atoms with Gasteiger partial charge in [-0.2, -0.15) is 6.42 Å². The van der Waals surface area contributed by atoms with Crippen LogP contribution in [0, 0.1) is 6.92 Å². The van der Waals surface area contributed by atoms with Gasteiger partial charge < -0.3 is 11.8 Å². The number of hydrogen-bond donors (Lipinski definition) is 0. The van der Waals surface area contributed by atoms with E-state index < -0.39 is 0 Å². The molecular formula is C15H30LiN. The number of rotatable bonds is 2.